The van der Waals surface area contributed by atoms with Crippen molar-refractivity contribution < 1.29 is 109 Å². The topological polar surface area (TPSA) is 145 Å². The summed E-state index contributed by atoms with van der Waals surface area (Å²) in [6.45, 7) is 0. The van der Waals surface area contributed by atoms with Gasteiger partial charge in [-0.15, -0.1) is 0 Å². The molecule has 4 atom stereocenters. The van der Waals surface area contributed by atoms with Crippen LogP contribution in [-0.4, -0.2) is 101 Å². The number of nitro benzene ring substituents is 1. The lowest BCUT2D eigenvalue weighted by Gasteiger charge is -2.57. The van der Waals surface area contributed by atoms with E-state index in [0.717, 1.165) is 0 Å². The van der Waals surface area contributed by atoms with Gasteiger partial charge in [0.1, 0.15) is 11.8 Å². The van der Waals surface area contributed by atoms with Gasteiger partial charge in [-0.25, -0.2) is 17.6 Å². The lowest BCUT2D eigenvalue weighted by atomic mass is 9.63. The zero-order valence-corrected chi connectivity index (χ0v) is 23.4. The molecule has 26 heteroatoms. The van der Waals surface area contributed by atoms with Crippen LogP contribution >= 0.6 is 0 Å². The third kappa shape index (κ3) is 5.67. The van der Waals surface area contributed by atoms with Gasteiger partial charge in [0.2, 0.25) is 0 Å². The minimum atomic E-state index is -7.92. The van der Waals surface area contributed by atoms with Gasteiger partial charge in [0.15, 0.2) is 0 Å². The van der Waals surface area contributed by atoms with E-state index in [1.54, 1.807) is 0 Å². The largest absolute Gasteiger partial charge is 0.469 e. The SMILES string of the molecule is COC(=O)C1C(c2ccc([N+](=O)[O-])cc2)C(C(=O)OC)C(O)(C(F)(F)C(F)(F)C(F)(F)C(F)F)OC1(O)C(F)(F)C(F)(F)C(F)(F)C(F)F. The van der Waals surface area contributed by atoms with E-state index >= 15 is 17.6 Å². The number of ether oxygens (including phenoxy) is 3. The molecule has 0 radical (unpaired) electrons. The van der Waals surface area contributed by atoms with Gasteiger partial charge in [0.25, 0.3) is 17.3 Å². The molecule has 0 bridgehead atoms. The third-order valence-electron chi connectivity index (χ3n) is 7.35. The van der Waals surface area contributed by atoms with Crippen molar-refractivity contribution in [1.82, 2.24) is 0 Å². The van der Waals surface area contributed by atoms with Crippen molar-refractivity contribution in [2.75, 3.05) is 14.2 Å². The summed E-state index contributed by atoms with van der Waals surface area (Å²) in [7, 11) is 0.0825. The molecular weight excluding hydrogens is 738 g/mol. The molecule has 1 heterocycles. The second-order valence-corrected chi connectivity index (χ2v) is 10.0. The normalized spacial score (nSPS) is 26.1. The predicted octanol–water partition coefficient (Wildman–Crippen LogP) is 5.01. The molecule has 1 aliphatic rings. The Hall–Kier alpha value is -3.68. The van der Waals surface area contributed by atoms with Crippen molar-refractivity contribution in [3.05, 3.63) is 39.9 Å². The summed E-state index contributed by atoms with van der Waals surface area (Å²) in [5, 5.41) is 32.6. The average molecular weight is 755 g/mol. The number of nitrogens with zero attached hydrogens (tertiary/aromatic N) is 1. The summed E-state index contributed by atoms with van der Waals surface area (Å²) in [4.78, 5) is 35.3. The molecular formula is C23H17F16NO9. The Labute approximate surface area is 259 Å². The maximum absolute atomic E-state index is 15.6. The molecule has 49 heavy (non-hydrogen) atoms. The number of carbonyl (C=O) groups is 2. The summed E-state index contributed by atoms with van der Waals surface area (Å²) >= 11 is 0. The number of hydrogen-bond acceptors (Lipinski definition) is 9. The Morgan fingerprint density at radius 1 is 0.735 bits per heavy atom. The van der Waals surface area contributed by atoms with E-state index < -0.39 is 106 Å². The van der Waals surface area contributed by atoms with E-state index in [1.807, 2.05) is 0 Å². The maximum Gasteiger partial charge on any atom is 0.383 e. The minimum absolute atomic E-state index is 0.0413. The number of non-ortho nitro benzene ring substituents is 1. The number of benzene rings is 1. The molecule has 0 spiro atoms. The molecule has 2 N–H and O–H groups in total. The van der Waals surface area contributed by atoms with Crippen LogP contribution in [0.25, 0.3) is 0 Å². The Bertz CT molecular complexity index is 1350. The van der Waals surface area contributed by atoms with E-state index in [0.29, 0.717) is 0 Å². The number of nitro groups is 1. The van der Waals surface area contributed by atoms with Crippen LogP contribution in [0.3, 0.4) is 0 Å². The number of methoxy groups -OCH3 is 2. The first-order valence-electron chi connectivity index (χ1n) is 12.2. The monoisotopic (exact) mass is 755 g/mol. The van der Waals surface area contributed by atoms with Gasteiger partial charge in [0, 0.05) is 18.1 Å². The fourth-order valence-corrected chi connectivity index (χ4v) is 4.77. The third-order valence-corrected chi connectivity index (χ3v) is 7.35. The van der Waals surface area contributed by atoms with Crippen LogP contribution in [0.4, 0.5) is 75.9 Å². The maximum atomic E-state index is 15.6. The molecule has 1 fully saturated rings. The first kappa shape index (κ1) is 41.5. The van der Waals surface area contributed by atoms with Gasteiger partial charge in [-0.2, -0.15) is 52.7 Å². The second-order valence-electron chi connectivity index (χ2n) is 10.0. The molecule has 10 nitrogen and oxygen atoms in total. The minimum Gasteiger partial charge on any atom is -0.469 e. The second kappa shape index (κ2) is 12.6. The summed E-state index contributed by atoms with van der Waals surface area (Å²) in [6, 6.07) is 0.436. The van der Waals surface area contributed by atoms with Crippen LogP contribution in [0.2, 0.25) is 0 Å². The zero-order valence-electron chi connectivity index (χ0n) is 23.4. The highest BCUT2D eigenvalue weighted by Gasteiger charge is 2.91. The average Bonchev–Trinajstić information content (AvgIpc) is 2.99. The molecule has 1 saturated heterocycles. The highest BCUT2D eigenvalue weighted by molar-refractivity contribution is 5.81. The van der Waals surface area contributed by atoms with Crippen LogP contribution in [0.15, 0.2) is 24.3 Å². The van der Waals surface area contributed by atoms with Crippen molar-refractivity contribution in [3.63, 3.8) is 0 Å². The summed E-state index contributed by atoms with van der Waals surface area (Å²) in [5.74, 6) is -77.6. The highest BCUT2D eigenvalue weighted by atomic mass is 19.4. The van der Waals surface area contributed by atoms with E-state index in [-0.39, 0.29) is 38.5 Å². The molecule has 1 aliphatic heterocycles. The molecule has 0 aromatic heterocycles. The van der Waals surface area contributed by atoms with Gasteiger partial charge < -0.3 is 24.4 Å². The lowest BCUT2D eigenvalue weighted by Crippen LogP contribution is -2.81. The van der Waals surface area contributed by atoms with Crippen LogP contribution in [0.1, 0.15) is 11.5 Å². The Morgan fingerprint density at radius 3 is 1.29 bits per heavy atom. The summed E-state index contributed by atoms with van der Waals surface area (Å²) < 4.78 is 239. The van der Waals surface area contributed by atoms with Crippen molar-refractivity contribution in [2.45, 2.75) is 65.9 Å². The molecule has 0 aliphatic carbocycles. The number of esters is 2. The molecule has 1 aromatic rings. The fourth-order valence-electron chi connectivity index (χ4n) is 4.77. The van der Waals surface area contributed by atoms with Gasteiger partial charge in [-0.3, -0.25) is 19.7 Å². The molecule has 1 aromatic carbocycles. The molecule has 4 unspecified atom stereocenters. The zero-order chi connectivity index (χ0) is 38.7. The van der Waals surface area contributed by atoms with Crippen molar-refractivity contribution in [3.8, 4) is 0 Å². The Balaban J connectivity index is 3.33. The van der Waals surface area contributed by atoms with Gasteiger partial charge in [-0.1, -0.05) is 12.1 Å². The van der Waals surface area contributed by atoms with Crippen LogP contribution in [-0.2, 0) is 23.8 Å². The summed E-state index contributed by atoms with van der Waals surface area (Å²) in [6.07, 6.45) is -11.8. The summed E-state index contributed by atoms with van der Waals surface area (Å²) in [5.41, 5.74) is -2.64. The lowest BCUT2D eigenvalue weighted by molar-refractivity contribution is -0.522. The van der Waals surface area contributed by atoms with E-state index in [9.17, 15) is 82.6 Å². The standard InChI is InChI=1S/C23H17F16NO9/c1-47-12(41)10-9(7-3-5-8(6-4-7)40(45)46)11(13(42)48-2)19(44,23(38,39)21(34,35)17(30,31)15(26)27)49-18(10,43)22(36,37)20(32,33)16(28,29)14(24)25/h3-6,9-11,14-15,43-44H,1-2H3. The van der Waals surface area contributed by atoms with Gasteiger partial charge in [0.05, 0.1) is 19.1 Å². The number of rotatable bonds is 12. The van der Waals surface area contributed by atoms with Crippen molar-refractivity contribution in [2.24, 2.45) is 11.8 Å². The number of carbonyl (C=O) groups excluding carboxylic acids is 2. The Morgan fingerprint density at radius 2 is 1.04 bits per heavy atom. The quantitative estimate of drug-likeness (QED) is 0.130. The van der Waals surface area contributed by atoms with Crippen molar-refractivity contribution >= 4 is 17.6 Å². The van der Waals surface area contributed by atoms with Gasteiger partial charge in [-0.05, 0) is 5.56 Å². The molecule has 0 saturated carbocycles. The smallest absolute Gasteiger partial charge is 0.383 e. The molecule has 280 valence electrons. The van der Waals surface area contributed by atoms with Crippen LogP contribution in [0, 0.1) is 22.0 Å². The van der Waals surface area contributed by atoms with E-state index in [1.165, 1.54) is 0 Å². The number of hydrogen-bond donors (Lipinski definition) is 2. The number of alkyl halides is 16. The first-order valence-corrected chi connectivity index (χ1v) is 12.2. The molecule has 0 amide bonds. The first-order chi connectivity index (χ1) is 21.8. The van der Waals surface area contributed by atoms with Gasteiger partial charge >= 0.3 is 60.3 Å². The Kier molecular flexibility index (Phi) is 10.6. The predicted molar refractivity (Wildman–Crippen MR) is 120 cm³/mol. The van der Waals surface area contributed by atoms with E-state index in [2.05, 4.69) is 14.2 Å². The van der Waals surface area contributed by atoms with Crippen LogP contribution < -0.4 is 0 Å². The highest BCUT2D eigenvalue weighted by Crippen LogP contribution is 2.66. The van der Waals surface area contributed by atoms with E-state index in [4.69, 9.17) is 0 Å². The van der Waals surface area contributed by atoms with Crippen LogP contribution in [0.5, 0.6) is 0 Å². The van der Waals surface area contributed by atoms with Crippen molar-refractivity contribution in [1.29, 1.82) is 0 Å². The fraction of sp³-hybridized carbons (Fsp3) is 0.652. The molecule has 2 rings (SSSR count). The number of aliphatic hydroxyl groups is 2. The number of halogens is 16.